The van der Waals surface area contributed by atoms with Gasteiger partial charge in [-0.1, -0.05) is 24.3 Å². The molecule has 2 fully saturated rings. The summed E-state index contributed by atoms with van der Waals surface area (Å²) in [7, 11) is -2.65. The molecule has 210 valence electrons. The number of rotatable bonds is 8. The number of nitrogens with one attached hydrogen (secondary N) is 1. The Kier molecular flexibility index (Phi) is 7.71. The predicted octanol–water partition coefficient (Wildman–Crippen LogP) is 4.53. The summed E-state index contributed by atoms with van der Waals surface area (Å²) in [6, 6.07) is 17.2. The van der Waals surface area contributed by atoms with Crippen LogP contribution in [0, 0.1) is 13.8 Å². The van der Waals surface area contributed by atoms with Crippen LogP contribution in [-0.2, 0) is 14.8 Å². The number of carbonyl (C=O) groups excluding carboxylic acids is 2. The van der Waals surface area contributed by atoms with Gasteiger partial charge in [0.05, 0.1) is 19.3 Å². The first-order valence-corrected chi connectivity index (χ1v) is 14.8. The Bertz CT molecular complexity index is 1530. The number of ether oxygens (including phenoxy) is 2. The molecule has 0 aliphatic carbocycles. The smallest absolute Gasteiger partial charge is 0.265 e. The lowest BCUT2D eigenvalue weighted by atomic mass is 10.0. The zero-order chi connectivity index (χ0) is 28.4. The molecule has 0 bridgehead atoms. The minimum atomic E-state index is -4.05. The van der Waals surface area contributed by atoms with Crippen molar-refractivity contribution in [3.63, 3.8) is 0 Å². The number of hydrogen-bond acceptors (Lipinski definition) is 6. The third kappa shape index (κ3) is 5.62. The first-order chi connectivity index (χ1) is 19.2. The molecule has 2 amide bonds. The summed E-state index contributed by atoms with van der Waals surface area (Å²) in [5.41, 5.74) is 3.46. The average Bonchev–Trinajstić information content (AvgIpc) is 3.57. The van der Waals surface area contributed by atoms with Crippen LogP contribution in [0.15, 0.2) is 65.6 Å². The van der Waals surface area contributed by atoms with Crippen LogP contribution < -0.4 is 19.1 Å². The van der Waals surface area contributed by atoms with Crippen molar-refractivity contribution in [3.05, 3.63) is 77.4 Å². The molecule has 40 heavy (non-hydrogen) atoms. The molecule has 2 saturated heterocycles. The summed E-state index contributed by atoms with van der Waals surface area (Å²) >= 11 is 0. The van der Waals surface area contributed by atoms with Crippen molar-refractivity contribution in [2.75, 3.05) is 36.4 Å². The Morgan fingerprint density at radius 3 is 2.45 bits per heavy atom. The first-order valence-electron chi connectivity index (χ1n) is 13.3. The van der Waals surface area contributed by atoms with Gasteiger partial charge in [0.2, 0.25) is 5.91 Å². The van der Waals surface area contributed by atoms with Gasteiger partial charge in [-0.3, -0.25) is 14.3 Å². The molecule has 3 aromatic rings. The summed E-state index contributed by atoms with van der Waals surface area (Å²) in [4.78, 5) is 28.7. The molecule has 0 radical (unpaired) electrons. The Hall–Kier alpha value is -4.05. The third-order valence-electron chi connectivity index (χ3n) is 7.34. The van der Waals surface area contributed by atoms with Crippen molar-refractivity contribution in [2.24, 2.45) is 0 Å². The molecule has 1 N–H and O–H groups in total. The first kappa shape index (κ1) is 27.5. The Morgan fingerprint density at radius 1 is 1.00 bits per heavy atom. The second kappa shape index (κ2) is 11.2. The van der Waals surface area contributed by atoms with Crippen molar-refractivity contribution in [3.8, 4) is 11.5 Å². The Morgan fingerprint density at radius 2 is 1.75 bits per heavy atom. The molecule has 3 aromatic carbocycles. The van der Waals surface area contributed by atoms with Gasteiger partial charge in [0.25, 0.3) is 15.9 Å². The van der Waals surface area contributed by atoms with Crippen molar-refractivity contribution in [2.45, 2.75) is 44.1 Å². The van der Waals surface area contributed by atoms with Gasteiger partial charge in [0.1, 0.15) is 22.5 Å². The summed E-state index contributed by atoms with van der Waals surface area (Å²) in [6.45, 7) is 5.45. The number of amides is 2. The van der Waals surface area contributed by atoms with Crippen molar-refractivity contribution >= 4 is 33.2 Å². The van der Waals surface area contributed by atoms with Crippen molar-refractivity contribution in [1.82, 2.24) is 4.90 Å². The number of hydrogen-bond donors (Lipinski definition) is 1. The van der Waals surface area contributed by atoms with Gasteiger partial charge in [-0.2, -0.15) is 0 Å². The molecule has 0 aromatic heterocycles. The van der Waals surface area contributed by atoms with Crippen molar-refractivity contribution < 1.29 is 27.5 Å². The van der Waals surface area contributed by atoms with E-state index in [2.05, 4.69) is 4.72 Å². The van der Waals surface area contributed by atoms with Crippen LogP contribution in [0.1, 0.15) is 40.7 Å². The van der Waals surface area contributed by atoms with E-state index in [1.54, 1.807) is 46.2 Å². The van der Waals surface area contributed by atoms with Crippen LogP contribution in [0.25, 0.3) is 0 Å². The van der Waals surface area contributed by atoms with Gasteiger partial charge in [-0.15, -0.1) is 0 Å². The van der Waals surface area contributed by atoms with Crippen LogP contribution in [-0.4, -0.2) is 58.0 Å². The maximum atomic E-state index is 13.4. The van der Waals surface area contributed by atoms with Crippen LogP contribution in [0.5, 0.6) is 11.5 Å². The molecule has 9 nitrogen and oxygen atoms in total. The monoisotopic (exact) mass is 563 g/mol. The van der Waals surface area contributed by atoms with E-state index >= 15 is 0 Å². The number of benzene rings is 3. The number of likely N-dealkylation sites (tertiary alicyclic amines) is 1. The standard InChI is InChI=1S/C30H33N3O6S/c1-20-7-4-8-21(2)29(20)30(35)32-16-14-25(19-32)39-24-10-5-9-22(17-24)31-40(36,37)27-18-23(12-13-26(27)38-3)33-15-6-11-28(33)34/h4-5,7-10,12-13,17-18,25,31H,6,11,14-16,19H2,1-3H3/t25-/m0/s1. The van der Waals surface area contributed by atoms with Gasteiger partial charge >= 0.3 is 0 Å². The highest BCUT2D eigenvalue weighted by molar-refractivity contribution is 7.92. The van der Waals surface area contributed by atoms with Crippen LogP contribution in [0.4, 0.5) is 11.4 Å². The molecule has 1 atom stereocenters. The second-order valence-electron chi connectivity index (χ2n) is 10.2. The van der Waals surface area contributed by atoms with Crippen LogP contribution in [0.2, 0.25) is 0 Å². The third-order valence-corrected chi connectivity index (χ3v) is 8.74. The second-order valence-corrected chi connectivity index (χ2v) is 11.8. The SMILES string of the molecule is COc1ccc(N2CCCC2=O)cc1S(=O)(=O)Nc1cccc(O[C@H]2CCN(C(=O)c3c(C)cccc3C)C2)c1. The quantitative estimate of drug-likeness (QED) is 0.432. The molecule has 2 heterocycles. The largest absolute Gasteiger partial charge is 0.495 e. The maximum absolute atomic E-state index is 13.4. The van der Waals surface area contributed by atoms with E-state index in [0.29, 0.717) is 49.6 Å². The van der Waals surface area contributed by atoms with Crippen molar-refractivity contribution in [1.29, 1.82) is 0 Å². The van der Waals surface area contributed by atoms with Crippen LogP contribution in [0.3, 0.4) is 0 Å². The highest BCUT2D eigenvalue weighted by Gasteiger charge is 2.30. The molecule has 10 heteroatoms. The summed E-state index contributed by atoms with van der Waals surface area (Å²) in [6.07, 6.45) is 1.63. The number of aryl methyl sites for hydroxylation is 2. The van der Waals surface area contributed by atoms with Gasteiger partial charge in [-0.25, -0.2) is 8.42 Å². The van der Waals surface area contributed by atoms with E-state index in [9.17, 15) is 18.0 Å². The highest BCUT2D eigenvalue weighted by atomic mass is 32.2. The lowest BCUT2D eigenvalue weighted by molar-refractivity contribution is -0.117. The predicted molar refractivity (Wildman–Crippen MR) is 153 cm³/mol. The summed E-state index contributed by atoms with van der Waals surface area (Å²) < 4.78 is 40.9. The number of sulfonamides is 1. The van der Waals surface area contributed by atoms with E-state index < -0.39 is 10.0 Å². The molecule has 0 saturated carbocycles. The molecule has 0 spiro atoms. The fourth-order valence-corrected chi connectivity index (χ4v) is 6.56. The molecule has 0 unspecified atom stereocenters. The molecular formula is C30H33N3O6S. The molecule has 2 aliphatic rings. The number of methoxy groups -OCH3 is 1. The topological polar surface area (TPSA) is 105 Å². The minimum Gasteiger partial charge on any atom is -0.495 e. The minimum absolute atomic E-state index is 0.00461. The zero-order valence-corrected chi connectivity index (χ0v) is 23.7. The van der Waals surface area contributed by atoms with Gasteiger partial charge in [0, 0.05) is 43.2 Å². The highest BCUT2D eigenvalue weighted by Crippen LogP contribution is 2.33. The van der Waals surface area contributed by atoms with Gasteiger partial charge < -0.3 is 19.3 Å². The number of carbonyl (C=O) groups is 2. The average molecular weight is 564 g/mol. The Balaban J connectivity index is 1.29. The summed E-state index contributed by atoms with van der Waals surface area (Å²) in [5.74, 6) is 0.632. The fourth-order valence-electron chi connectivity index (χ4n) is 5.32. The van der Waals surface area contributed by atoms with Gasteiger partial charge in [0.15, 0.2) is 0 Å². The molecular weight excluding hydrogens is 530 g/mol. The normalized spacial score (nSPS) is 17.3. The number of anilines is 2. The number of nitrogens with zero attached hydrogens (tertiary/aromatic N) is 2. The molecule has 5 rings (SSSR count). The Labute approximate surface area is 234 Å². The maximum Gasteiger partial charge on any atom is 0.265 e. The van der Waals surface area contributed by atoms with Crippen LogP contribution >= 0.6 is 0 Å². The summed E-state index contributed by atoms with van der Waals surface area (Å²) in [5, 5.41) is 0. The van der Waals surface area contributed by atoms with Gasteiger partial charge in [-0.05, 0) is 61.7 Å². The lowest BCUT2D eigenvalue weighted by Crippen LogP contribution is -2.31. The molecule has 2 aliphatic heterocycles. The van der Waals surface area contributed by atoms with E-state index in [-0.39, 0.29) is 28.6 Å². The van der Waals surface area contributed by atoms with E-state index in [0.717, 1.165) is 23.1 Å². The van der Waals surface area contributed by atoms with E-state index in [4.69, 9.17) is 9.47 Å². The van der Waals surface area contributed by atoms with E-state index in [1.165, 1.54) is 13.2 Å². The fraction of sp³-hybridized carbons (Fsp3) is 0.333. The lowest BCUT2D eigenvalue weighted by Gasteiger charge is -2.20. The zero-order valence-electron chi connectivity index (χ0n) is 22.8. The van der Waals surface area contributed by atoms with E-state index in [1.807, 2.05) is 32.0 Å².